The van der Waals surface area contributed by atoms with Crippen LogP contribution in [-0.4, -0.2) is 35.3 Å². The molecule has 1 saturated heterocycles. The Morgan fingerprint density at radius 2 is 2.10 bits per heavy atom. The van der Waals surface area contributed by atoms with Crippen LogP contribution in [0.3, 0.4) is 0 Å². The Kier molecular flexibility index (Phi) is 4.91. The normalized spacial score (nSPS) is 20.6. The topological polar surface area (TPSA) is 71.5 Å². The second-order valence-corrected chi connectivity index (χ2v) is 9.64. The molecule has 0 aliphatic carbocycles. The largest absolute Gasteiger partial charge is 0.494 e. The number of pyridine rings is 1. The molecule has 5 rings (SSSR count). The van der Waals surface area contributed by atoms with Gasteiger partial charge >= 0.3 is 6.03 Å². The zero-order chi connectivity index (χ0) is 21.9. The van der Waals surface area contributed by atoms with Gasteiger partial charge in [-0.25, -0.2) is 14.1 Å². The van der Waals surface area contributed by atoms with Crippen molar-refractivity contribution in [2.75, 3.05) is 12.0 Å². The van der Waals surface area contributed by atoms with Crippen molar-refractivity contribution in [1.29, 1.82) is 0 Å². The number of halogens is 2. The fraction of sp³-hybridized carbons (Fsp3) is 0.190. The molecule has 0 spiro atoms. The first-order chi connectivity index (χ1) is 14.9. The lowest BCUT2D eigenvalue weighted by Gasteiger charge is -2.33. The summed E-state index contributed by atoms with van der Waals surface area (Å²) in [5.41, 5.74) is 1.99. The van der Waals surface area contributed by atoms with Gasteiger partial charge in [-0.3, -0.25) is 9.78 Å². The number of carbonyl (C=O) groups is 2. The van der Waals surface area contributed by atoms with E-state index >= 15 is 0 Å². The van der Waals surface area contributed by atoms with E-state index < -0.39 is 23.1 Å². The van der Waals surface area contributed by atoms with Gasteiger partial charge in [0.25, 0.3) is 5.91 Å². The van der Waals surface area contributed by atoms with Gasteiger partial charge in [-0.05, 0) is 36.1 Å². The Hall–Kier alpha value is -2.62. The summed E-state index contributed by atoms with van der Waals surface area (Å²) in [4.78, 5) is 32.4. The van der Waals surface area contributed by atoms with Crippen molar-refractivity contribution < 1.29 is 18.7 Å². The van der Waals surface area contributed by atoms with Crippen molar-refractivity contribution in [2.45, 2.75) is 18.2 Å². The third kappa shape index (κ3) is 3.19. The molecule has 2 unspecified atom stereocenters. The van der Waals surface area contributed by atoms with Crippen molar-refractivity contribution in [3.63, 3.8) is 0 Å². The van der Waals surface area contributed by atoms with E-state index in [-0.39, 0.29) is 16.7 Å². The minimum absolute atomic E-state index is 0.0541. The number of hydrogen-bond donors (Lipinski definition) is 1. The quantitative estimate of drug-likeness (QED) is 0.578. The van der Waals surface area contributed by atoms with E-state index in [1.54, 1.807) is 12.3 Å². The van der Waals surface area contributed by atoms with E-state index in [2.05, 4.69) is 10.3 Å². The number of carbonyl (C=O) groups excluding carboxylic acids is 2. The maximum atomic E-state index is 13.9. The molecule has 2 aromatic heterocycles. The number of benzene rings is 1. The number of thioether (sulfide) groups is 1. The number of methoxy groups -OCH3 is 1. The van der Waals surface area contributed by atoms with Gasteiger partial charge in [0.05, 0.1) is 34.8 Å². The highest BCUT2D eigenvalue weighted by Crippen LogP contribution is 2.46. The number of imide groups is 1. The molecule has 3 aromatic rings. The Morgan fingerprint density at radius 3 is 2.87 bits per heavy atom. The molecule has 2 atom stereocenters. The highest BCUT2D eigenvalue weighted by molar-refractivity contribution is 8.09. The second-order valence-electron chi connectivity index (χ2n) is 7.14. The molecule has 0 saturated carbocycles. The van der Waals surface area contributed by atoms with Crippen LogP contribution in [0.15, 0.2) is 36.0 Å². The van der Waals surface area contributed by atoms with Crippen molar-refractivity contribution in [1.82, 2.24) is 10.3 Å². The van der Waals surface area contributed by atoms with Crippen LogP contribution >= 0.6 is 34.7 Å². The average molecular weight is 476 g/mol. The van der Waals surface area contributed by atoms with Crippen molar-refractivity contribution in [3.05, 3.63) is 57.9 Å². The first-order valence-corrected chi connectivity index (χ1v) is 11.4. The minimum atomic E-state index is -0.575. The lowest BCUT2D eigenvalue weighted by Crippen LogP contribution is -2.60. The Morgan fingerprint density at radius 1 is 1.29 bits per heavy atom. The van der Waals surface area contributed by atoms with Crippen LogP contribution in [0.1, 0.15) is 11.1 Å². The highest BCUT2D eigenvalue weighted by atomic mass is 35.5. The van der Waals surface area contributed by atoms with E-state index in [4.69, 9.17) is 16.3 Å². The molecule has 158 valence electrons. The maximum absolute atomic E-state index is 13.9. The molecule has 6 nitrogen and oxygen atoms in total. The molecule has 31 heavy (non-hydrogen) atoms. The Labute approximate surface area is 190 Å². The summed E-state index contributed by atoms with van der Waals surface area (Å²) in [6.07, 6.45) is 5.03. The predicted molar refractivity (Wildman–Crippen MR) is 121 cm³/mol. The second kappa shape index (κ2) is 7.51. The van der Waals surface area contributed by atoms with E-state index in [1.807, 2.05) is 12.3 Å². The number of ether oxygens (including phenoxy) is 1. The number of rotatable bonds is 3. The van der Waals surface area contributed by atoms with Crippen LogP contribution < -0.4 is 15.0 Å². The molecule has 1 fully saturated rings. The summed E-state index contributed by atoms with van der Waals surface area (Å²) in [5.74, 6) is -0.854. The van der Waals surface area contributed by atoms with Crippen LogP contribution in [0, 0.1) is 12.7 Å². The smallest absolute Gasteiger partial charge is 0.329 e. The van der Waals surface area contributed by atoms with Gasteiger partial charge < -0.3 is 10.1 Å². The minimum Gasteiger partial charge on any atom is -0.494 e. The molecule has 10 heteroatoms. The monoisotopic (exact) mass is 475 g/mol. The molecule has 3 amide bonds. The number of amides is 3. The summed E-state index contributed by atoms with van der Waals surface area (Å²) in [6.45, 7) is 1.94. The standard InChI is InChI=1S/C21H15ClFN3O3S2/c1-9-8-30-17-7-24-6-14(18(9)17)26-20(27)19-13(25-21(26)28)5-16(31-19)10-3-15(29-2)12(23)4-11(10)22/h3-8,13,19H,1-2H3,(H,25,28). The molecular weight excluding hydrogens is 461 g/mol. The first kappa shape index (κ1) is 20.3. The van der Waals surface area contributed by atoms with Crippen molar-refractivity contribution in [2.24, 2.45) is 0 Å². The van der Waals surface area contributed by atoms with E-state index in [0.29, 0.717) is 16.2 Å². The number of urea groups is 1. The van der Waals surface area contributed by atoms with Crippen LogP contribution in [0.5, 0.6) is 5.75 Å². The summed E-state index contributed by atoms with van der Waals surface area (Å²) in [6, 6.07) is 1.67. The fourth-order valence-electron chi connectivity index (χ4n) is 3.81. The molecule has 4 heterocycles. The van der Waals surface area contributed by atoms with Crippen molar-refractivity contribution >= 4 is 67.3 Å². The molecular formula is C21H15ClFN3O3S2. The average Bonchev–Trinajstić information content (AvgIpc) is 3.32. The molecule has 1 aromatic carbocycles. The van der Waals surface area contributed by atoms with Crippen LogP contribution in [0.25, 0.3) is 15.0 Å². The van der Waals surface area contributed by atoms with E-state index in [1.165, 1.54) is 48.5 Å². The van der Waals surface area contributed by atoms with Crippen LogP contribution in [0.4, 0.5) is 14.9 Å². The van der Waals surface area contributed by atoms with E-state index in [0.717, 1.165) is 20.5 Å². The predicted octanol–water partition coefficient (Wildman–Crippen LogP) is 4.99. The van der Waals surface area contributed by atoms with E-state index in [9.17, 15) is 14.0 Å². The number of nitrogens with zero attached hydrogens (tertiary/aromatic N) is 2. The molecule has 0 radical (unpaired) electrons. The lowest BCUT2D eigenvalue weighted by atomic mass is 10.1. The lowest BCUT2D eigenvalue weighted by molar-refractivity contribution is -0.118. The number of nitrogens with one attached hydrogen (secondary N) is 1. The number of hydrogen-bond acceptors (Lipinski definition) is 6. The first-order valence-electron chi connectivity index (χ1n) is 9.27. The highest BCUT2D eigenvalue weighted by Gasteiger charge is 2.46. The number of anilines is 1. The zero-order valence-corrected chi connectivity index (χ0v) is 18.7. The number of fused-ring (bicyclic) bond motifs is 2. The van der Waals surface area contributed by atoms with Gasteiger partial charge in [-0.2, -0.15) is 0 Å². The maximum Gasteiger partial charge on any atom is 0.329 e. The fourth-order valence-corrected chi connectivity index (χ4v) is 6.34. The summed E-state index contributed by atoms with van der Waals surface area (Å²) in [5, 5.41) is 5.33. The molecule has 2 aliphatic heterocycles. The Balaban J connectivity index is 1.51. The summed E-state index contributed by atoms with van der Waals surface area (Å²) in [7, 11) is 1.37. The molecule has 0 bridgehead atoms. The molecule has 2 aliphatic rings. The molecule has 1 N–H and O–H groups in total. The van der Waals surface area contributed by atoms with Crippen molar-refractivity contribution in [3.8, 4) is 5.75 Å². The van der Waals surface area contributed by atoms with Crippen LogP contribution in [0.2, 0.25) is 5.02 Å². The van der Waals surface area contributed by atoms with Gasteiger partial charge in [0, 0.05) is 22.1 Å². The summed E-state index contributed by atoms with van der Waals surface area (Å²) >= 11 is 9.05. The van der Waals surface area contributed by atoms with Gasteiger partial charge in [0.2, 0.25) is 0 Å². The van der Waals surface area contributed by atoms with Gasteiger partial charge in [-0.1, -0.05) is 11.6 Å². The van der Waals surface area contributed by atoms with Crippen LogP contribution in [-0.2, 0) is 4.79 Å². The number of aryl methyl sites for hydroxylation is 1. The van der Waals surface area contributed by atoms with Gasteiger partial charge in [0.1, 0.15) is 5.25 Å². The SMILES string of the molecule is COc1cc(C2=CC3NC(=O)N(c4cncc5scc(C)c45)C(=O)C3S2)c(Cl)cc1F. The van der Waals surface area contributed by atoms with Gasteiger partial charge in [-0.15, -0.1) is 23.1 Å². The number of thiophene rings is 1. The summed E-state index contributed by atoms with van der Waals surface area (Å²) < 4.78 is 19.9. The third-order valence-corrected chi connectivity index (χ3v) is 7.97. The number of aromatic nitrogens is 1. The van der Waals surface area contributed by atoms with Gasteiger partial charge in [0.15, 0.2) is 11.6 Å². The Bertz CT molecular complexity index is 1290. The third-order valence-electron chi connectivity index (χ3n) is 5.26. The zero-order valence-electron chi connectivity index (χ0n) is 16.3.